The number of hydrogen-bond acceptors (Lipinski definition) is 2. The van der Waals surface area contributed by atoms with E-state index in [1.54, 1.807) is 0 Å². The zero-order valence-corrected chi connectivity index (χ0v) is 14.8. The molecule has 0 bridgehead atoms. The van der Waals surface area contributed by atoms with Crippen LogP contribution in [0.25, 0.3) is 0 Å². The molecular weight excluding hydrogens is 256 g/mol. The minimum Gasteiger partial charge on any atom is -0.316 e. The number of hydrogen-bond donors (Lipinski definition) is 1. The summed E-state index contributed by atoms with van der Waals surface area (Å²) in [6, 6.07) is 0.705. The summed E-state index contributed by atoms with van der Waals surface area (Å²) in [5, 5.41) is 3.76. The van der Waals surface area contributed by atoms with Crippen LogP contribution in [0.3, 0.4) is 0 Å². The molecule has 0 aromatic carbocycles. The van der Waals surface area contributed by atoms with Gasteiger partial charge in [-0.25, -0.2) is 0 Å². The molecule has 0 saturated heterocycles. The summed E-state index contributed by atoms with van der Waals surface area (Å²) in [6.07, 6.45) is 12.9. The summed E-state index contributed by atoms with van der Waals surface area (Å²) in [5.74, 6) is 1.01. The predicted octanol–water partition coefficient (Wildman–Crippen LogP) is 4.45. The van der Waals surface area contributed by atoms with E-state index in [9.17, 15) is 0 Å². The molecular formula is C19H38N2. The Morgan fingerprint density at radius 1 is 1.10 bits per heavy atom. The van der Waals surface area contributed by atoms with Crippen LogP contribution in [-0.4, -0.2) is 37.1 Å². The average Bonchev–Trinajstić information content (AvgIpc) is 3.26. The molecule has 124 valence electrons. The maximum absolute atomic E-state index is 3.76. The van der Waals surface area contributed by atoms with Gasteiger partial charge < -0.3 is 10.2 Å². The van der Waals surface area contributed by atoms with Crippen molar-refractivity contribution in [3.63, 3.8) is 0 Å². The minimum atomic E-state index is 0.546. The van der Waals surface area contributed by atoms with Crippen LogP contribution >= 0.6 is 0 Å². The van der Waals surface area contributed by atoms with E-state index < -0.39 is 0 Å². The maximum Gasteiger partial charge on any atom is 0.00530 e. The molecule has 0 aromatic rings. The first kappa shape index (κ1) is 17.3. The molecule has 2 nitrogen and oxygen atoms in total. The lowest BCUT2D eigenvalue weighted by atomic mass is 9.79. The van der Waals surface area contributed by atoms with Crippen LogP contribution in [0.4, 0.5) is 0 Å². The standard InChI is InChI=1S/C19H38N2/c1-4-13-20-15-19(11-7-5-6-8-12-19)16-21(17(2)3)14-18-9-10-18/h17-18,20H,4-16H2,1-3H3. The molecule has 0 radical (unpaired) electrons. The van der Waals surface area contributed by atoms with E-state index in [0.29, 0.717) is 11.5 Å². The lowest BCUT2D eigenvalue weighted by Gasteiger charge is -2.40. The van der Waals surface area contributed by atoms with E-state index in [1.165, 1.54) is 84.0 Å². The fourth-order valence-corrected chi connectivity index (χ4v) is 3.92. The topological polar surface area (TPSA) is 15.3 Å². The van der Waals surface area contributed by atoms with Gasteiger partial charge in [0.25, 0.3) is 0 Å². The highest BCUT2D eigenvalue weighted by molar-refractivity contribution is 4.89. The third-order valence-electron chi connectivity index (χ3n) is 5.55. The zero-order valence-electron chi connectivity index (χ0n) is 14.8. The fourth-order valence-electron chi connectivity index (χ4n) is 3.92. The van der Waals surface area contributed by atoms with Crippen LogP contribution in [0.1, 0.15) is 78.6 Å². The molecule has 2 fully saturated rings. The van der Waals surface area contributed by atoms with Crippen molar-refractivity contribution >= 4 is 0 Å². The highest BCUT2D eigenvalue weighted by Crippen LogP contribution is 2.37. The van der Waals surface area contributed by atoms with Gasteiger partial charge in [-0.1, -0.05) is 32.6 Å². The second-order valence-electron chi connectivity index (χ2n) is 8.06. The van der Waals surface area contributed by atoms with E-state index in [-0.39, 0.29) is 0 Å². The maximum atomic E-state index is 3.76. The van der Waals surface area contributed by atoms with E-state index in [1.807, 2.05) is 0 Å². The van der Waals surface area contributed by atoms with Gasteiger partial charge in [0.05, 0.1) is 0 Å². The smallest absolute Gasteiger partial charge is 0.00530 e. The fraction of sp³-hybridized carbons (Fsp3) is 1.00. The van der Waals surface area contributed by atoms with Gasteiger partial charge in [-0.3, -0.25) is 0 Å². The van der Waals surface area contributed by atoms with Crippen molar-refractivity contribution < 1.29 is 0 Å². The largest absolute Gasteiger partial charge is 0.316 e. The average molecular weight is 295 g/mol. The van der Waals surface area contributed by atoms with E-state index in [2.05, 4.69) is 31.0 Å². The van der Waals surface area contributed by atoms with Crippen LogP contribution in [0.2, 0.25) is 0 Å². The monoisotopic (exact) mass is 294 g/mol. The van der Waals surface area contributed by atoms with Crippen molar-refractivity contribution in [1.29, 1.82) is 0 Å². The lowest BCUT2D eigenvalue weighted by Crippen LogP contribution is -2.47. The van der Waals surface area contributed by atoms with Gasteiger partial charge in [0.15, 0.2) is 0 Å². The van der Waals surface area contributed by atoms with Crippen molar-refractivity contribution in [1.82, 2.24) is 10.2 Å². The van der Waals surface area contributed by atoms with Crippen molar-refractivity contribution in [3.8, 4) is 0 Å². The normalized spacial score (nSPS) is 22.7. The molecule has 0 atom stereocenters. The Kier molecular flexibility index (Phi) is 7.01. The first-order valence-corrected chi connectivity index (χ1v) is 9.60. The second kappa shape index (κ2) is 8.53. The summed E-state index contributed by atoms with van der Waals surface area (Å²) >= 11 is 0. The van der Waals surface area contributed by atoms with E-state index in [0.717, 1.165) is 5.92 Å². The molecule has 2 aliphatic carbocycles. The first-order chi connectivity index (χ1) is 10.2. The van der Waals surface area contributed by atoms with Gasteiger partial charge in [-0.15, -0.1) is 0 Å². The number of rotatable bonds is 9. The molecule has 2 heteroatoms. The van der Waals surface area contributed by atoms with Gasteiger partial charge >= 0.3 is 0 Å². The van der Waals surface area contributed by atoms with Crippen molar-refractivity contribution in [3.05, 3.63) is 0 Å². The quantitative estimate of drug-likeness (QED) is 0.499. The predicted molar refractivity (Wildman–Crippen MR) is 92.7 cm³/mol. The summed E-state index contributed by atoms with van der Waals surface area (Å²) in [6.45, 7) is 12.2. The summed E-state index contributed by atoms with van der Waals surface area (Å²) in [5.41, 5.74) is 0.546. The molecule has 21 heavy (non-hydrogen) atoms. The van der Waals surface area contributed by atoms with Gasteiger partial charge in [-0.05, 0) is 63.8 Å². The Balaban J connectivity index is 1.97. The van der Waals surface area contributed by atoms with Crippen LogP contribution in [-0.2, 0) is 0 Å². The van der Waals surface area contributed by atoms with Crippen LogP contribution in [0, 0.1) is 11.3 Å². The van der Waals surface area contributed by atoms with E-state index >= 15 is 0 Å². The minimum absolute atomic E-state index is 0.546. The van der Waals surface area contributed by atoms with Crippen LogP contribution in [0.15, 0.2) is 0 Å². The Labute approximate surface area is 133 Å². The Hall–Kier alpha value is -0.0800. The van der Waals surface area contributed by atoms with Crippen molar-refractivity contribution in [2.24, 2.45) is 11.3 Å². The third kappa shape index (κ3) is 5.90. The first-order valence-electron chi connectivity index (χ1n) is 9.60. The summed E-state index contributed by atoms with van der Waals surface area (Å²) in [7, 11) is 0. The van der Waals surface area contributed by atoms with Gasteiger partial charge in [0.1, 0.15) is 0 Å². The Morgan fingerprint density at radius 3 is 2.29 bits per heavy atom. The molecule has 0 unspecified atom stereocenters. The molecule has 2 aliphatic rings. The Bertz CT molecular complexity index is 275. The third-order valence-corrected chi connectivity index (χ3v) is 5.55. The molecule has 0 heterocycles. The molecule has 0 aromatic heterocycles. The van der Waals surface area contributed by atoms with E-state index in [4.69, 9.17) is 0 Å². The zero-order chi connectivity index (χ0) is 15.1. The number of nitrogens with one attached hydrogen (secondary N) is 1. The highest BCUT2D eigenvalue weighted by Gasteiger charge is 2.35. The van der Waals surface area contributed by atoms with Crippen molar-refractivity contribution in [2.75, 3.05) is 26.2 Å². The number of nitrogens with zero attached hydrogens (tertiary/aromatic N) is 1. The van der Waals surface area contributed by atoms with Gasteiger partial charge in [-0.2, -0.15) is 0 Å². The van der Waals surface area contributed by atoms with Gasteiger partial charge in [0.2, 0.25) is 0 Å². The molecule has 2 saturated carbocycles. The van der Waals surface area contributed by atoms with Crippen molar-refractivity contribution in [2.45, 2.75) is 84.6 Å². The van der Waals surface area contributed by atoms with Crippen LogP contribution in [0.5, 0.6) is 0 Å². The SMILES string of the molecule is CCCNCC1(CN(CC2CC2)C(C)C)CCCCCC1. The summed E-state index contributed by atoms with van der Waals surface area (Å²) < 4.78 is 0. The molecule has 2 rings (SSSR count). The Morgan fingerprint density at radius 2 is 1.76 bits per heavy atom. The van der Waals surface area contributed by atoms with Gasteiger partial charge in [0, 0.05) is 25.7 Å². The molecule has 1 N–H and O–H groups in total. The van der Waals surface area contributed by atoms with Crippen LogP contribution < -0.4 is 5.32 Å². The highest BCUT2D eigenvalue weighted by atomic mass is 15.2. The molecule has 0 aliphatic heterocycles. The molecule has 0 amide bonds. The lowest BCUT2D eigenvalue weighted by molar-refractivity contribution is 0.0993. The second-order valence-corrected chi connectivity index (χ2v) is 8.06. The summed E-state index contributed by atoms with van der Waals surface area (Å²) in [4.78, 5) is 2.80. The molecule has 0 spiro atoms.